The molecule has 2 aromatic rings. The van der Waals surface area contributed by atoms with Crippen molar-refractivity contribution in [1.82, 2.24) is 0 Å². The van der Waals surface area contributed by atoms with Crippen molar-refractivity contribution in [3.05, 3.63) is 65.2 Å². The summed E-state index contributed by atoms with van der Waals surface area (Å²) in [5, 5.41) is 0. The molecule has 2 heteroatoms. The van der Waals surface area contributed by atoms with E-state index in [1.165, 1.54) is 11.1 Å². The van der Waals surface area contributed by atoms with Crippen molar-refractivity contribution in [2.45, 2.75) is 20.1 Å². The lowest BCUT2D eigenvalue weighted by Crippen LogP contribution is -2.02. The van der Waals surface area contributed by atoms with E-state index in [2.05, 4.69) is 25.1 Å². The molecular weight excluding hydrogens is 210 g/mol. The number of aryl methyl sites for hydroxylation is 1. The first-order valence-corrected chi connectivity index (χ1v) is 5.76. The number of nitrogens with two attached hydrogens (primary N) is 1. The molecule has 0 bridgehead atoms. The monoisotopic (exact) mass is 227 g/mol. The van der Waals surface area contributed by atoms with Crippen molar-refractivity contribution < 1.29 is 4.74 Å². The second-order valence-corrected chi connectivity index (χ2v) is 4.09. The van der Waals surface area contributed by atoms with Crippen LogP contribution in [0.3, 0.4) is 0 Å². The molecule has 0 aliphatic heterocycles. The zero-order valence-corrected chi connectivity index (χ0v) is 10.0. The van der Waals surface area contributed by atoms with E-state index >= 15 is 0 Å². The van der Waals surface area contributed by atoms with Crippen LogP contribution in [0.25, 0.3) is 0 Å². The van der Waals surface area contributed by atoms with Crippen LogP contribution in [0.5, 0.6) is 5.75 Å². The highest BCUT2D eigenvalue weighted by Crippen LogP contribution is 2.18. The van der Waals surface area contributed by atoms with Crippen LogP contribution in [0.4, 0.5) is 0 Å². The van der Waals surface area contributed by atoms with E-state index in [-0.39, 0.29) is 0 Å². The summed E-state index contributed by atoms with van der Waals surface area (Å²) >= 11 is 0. The van der Waals surface area contributed by atoms with Gasteiger partial charge in [-0.15, -0.1) is 0 Å². The van der Waals surface area contributed by atoms with Gasteiger partial charge in [-0.1, -0.05) is 48.0 Å². The maximum Gasteiger partial charge on any atom is 0.124 e. The third-order valence-corrected chi connectivity index (χ3v) is 2.67. The first-order chi connectivity index (χ1) is 8.29. The predicted octanol–water partition coefficient (Wildman–Crippen LogP) is 3.03. The Balaban J connectivity index is 2.07. The molecule has 0 spiro atoms. The lowest BCUT2D eigenvalue weighted by molar-refractivity contribution is 0.303. The SMILES string of the molecule is Cc1cccc(COc2ccccc2CN)c1. The molecule has 88 valence electrons. The minimum atomic E-state index is 0.504. The van der Waals surface area contributed by atoms with Crippen molar-refractivity contribution in [2.75, 3.05) is 0 Å². The van der Waals surface area contributed by atoms with Crippen LogP contribution in [0.2, 0.25) is 0 Å². The number of ether oxygens (including phenoxy) is 1. The first-order valence-electron chi connectivity index (χ1n) is 5.76. The van der Waals surface area contributed by atoms with Gasteiger partial charge in [-0.25, -0.2) is 0 Å². The molecule has 0 heterocycles. The smallest absolute Gasteiger partial charge is 0.124 e. The van der Waals surface area contributed by atoms with Crippen molar-refractivity contribution in [2.24, 2.45) is 5.73 Å². The normalized spacial score (nSPS) is 10.2. The van der Waals surface area contributed by atoms with Crippen LogP contribution in [-0.4, -0.2) is 0 Å². The van der Waals surface area contributed by atoms with Gasteiger partial charge in [0.2, 0.25) is 0 Å². The summed E-state index contributed by atoms with van der Waals surface area (Å²) in [7, 11) is 0. The molecule has 0 amide bonds. The Labute approximate surface area is 102 Å². The molecule has 0 aliphatic rings. The van der Waals surface area contributed by atoms with Gasteiger partial charge in [0, 0.05) is 12.1 Å². The molecule has 0 aromatic heterocycles. The van der Waals surface area contributed by atoms with Crippen molar-refractivity contribution in [3.63, 3.8) is 0 Å². The van der Waals surface area contributed by atoms with Gasteiger partial charge in [-0.05, 0) is 18.6 Å². The highest BCUT2D eigenvalue weighted by Gasteiger charge is 2.01. The lowest BCUT2D eigenvalue weighted by Gasteiger charge is -2.10. The molecule has 2 aromatic carbocycles. The molecule has 0 radical (unpaired) electrons. The average Bonchev–Trinajstić information content (AvgIpc) is 2.37. The summed E-state index contributed by atoms with van der Waals surface area (Å²) < 4.78 is 5.79. The summed E-state index contributed by atoms with van der Waals surface area (Å²) in [6, 6.07) is 16.2. The Morgan fingerprint density at radius 3 is 2.65 bits per heavy atom. The van der Waals surface area contributed by atoms with E-state index in [1.807, 2.05) is 30.3 Å². The second-order valence-electron chi connectivity index (χ2n) is 4.09. The van der Waals surface area contributed by atoms with Gasteiger partial charge >= 0.3 is 0 Å². The third kappa shape index (κ3) is 3.08. The molecule has 0 saturated carbocycles. The van der Waals surface area contributed by atoms with E-state index in [9.17, 15) is 0 Å². The highest BCUT2D eigenvalue weighted by atomic mass is 16.5. The number of hydrogen-bond donors (Lipinski definition) is 1. The molecule has 0 fully saturated rings. The van der Waals surface area contributed by atoms with E-state index in [0.29, 0.717) is 13.2 Å². The summed E-state index contributed by atoms with van der Waals surface area (Å²) in [5.74, 6) is 0.872. The summed E-state index contributed by atoms with van der Waals surface area (Å²) in [6.07, 6.45) is 0. The second kappa shape index (κ2) is 5.51. The Morgan fingerprint density at radius 1 is 1.06 bits per heavy atom. The molecule has 0 atom stereocenters. The van der Waals surface area contributed by atoms with E-state index < -0.39 is 0 Å². The molecule has 2 rings (SSSR count). The molecular formula is C15H17NO. The fourth-order valence-corrected chi connectivity index (χ4v) is 1.78. The van der Waals surface area contributed by atoms with Gasteiger partial charge in [0.15, 0.2) is 0 Å². The molecule has 0 saturated heterocycles. The predicted molar refractivity (Wildman–Crippen MR) is 69.8 cm³/mol. The van der Waals surface area contributed by atoms with Gasteiger partial charge < -0.3 is 10.5 Å². The Morgan fingerprint density at radius 2 is 1.88 bits per heavy atom. The van der Waals surface area contributed by atoms with Crippen molar-refractivity contribution in [3.8, 4) is 5.75 Å². The average molecular weight is 227 g/mol. The zero-order valence-electron chi connectivity index (χ0n) is 10.0. The number of hydrogen-bond acceptors (Lipinski definition) is 2. The Kier molecular flexibility index (Phi) is 3.78. The Bertz CT molecular complexity index is 494. The van der Waals surface area contributed by atoms with Crippen molar-refractivity contribution in [1.29, 1.82) is 0 Å². The van der Waals surface area contributed by atoms with Gasteiger partial charge in [0.25, 0.3) is 0 Å². The maximum absolute atomic E-state index is 5.79. The largest absolute Gasteiger partial charge is 0.489 e. The molecule has 2 N–H and O–H groups in total. The third-order valence-electron chi connectivity index (χ3n) is 2.67. The maximum atomic E-state index is 5.79. The topological polar surface area (TPSA) is 35.2 Å². The molecule has 0 aliphatic carbocycles. The van der Waals surface area contributed by atoms with Crippen LogP contribution >= 0.6 is 0 Å². The fraction of sp³-hybridized carbons (Fsp3) is 0.200. The van der Waals surface area contributed by atoms with Gasteiger partial charge in [-0.3, -0.25) is 0 Å². The quantitative estimate of drug-likeness (QED) is 0.871. The van der Waals surface area contributed by atoms with Crippen LogP contribution in [0.15, 0.2) is 48.5 Å². The van der Waals surface area contributed by atoms with Crippen LogP contribution in [0.1, 0.15) is 16.7 Å². The van der Waals surface area contributed by atoms with Gasteiger partial charge in [0.05, 0.1) is 0 Å². The van der Waals surface area contributed by atoms with E-state index in [0.717, 1.165) is 11.3 Å². The first kappa shape index (κ1) is 11.7. The fourth-order valence-electron chi connectivity index (χ4n) is 1.78. The molecule has 2 nitrogen and oxygen atoms in total. The number of benzene rings is 2. The van der Waals surface area contributed by atoms with Crippen molar-refractivity contribution >= 4 is 0 Å². The summed E-state index contributed by atoms with van der Waals surface area (Å²) in [5.41, 5.74) is 9.13. The summed E-state index contributed by atoms with van der Waals surface area (Å²) in [4.78, 5) is 0. The standard InChI is InChI=1S/C15H17NO/c1-12-5-4-6-13(9-12)11-17-15-8-3-2-7-14(15)10-16/h2-9H,10-11,16H2,1H3. The lowest BCUT2D eigenvalue weighted by atomic mass is 10.1. The van der Waals surface area contributed by atoms with Crippen LogP contribution in [0, 0.1) is 6.92 Å². The molecule has 17 heavy (non-hydrogen) atoms. The number of rotatable bonds is 4. The number of para-hydroxylation sites is 1. The van der Waals surface area contributed by atoms with Crippen LogP contribution < -0.4 is 10.5 Å². The van der Waals surface area contributed by atoms with E-state index in [4.69, 9.17) is 10.5 Å². The van der Waals surface area contributed by atoms with Gasteiger partial charge in [0.1, 0.15) is 12.4 Å². The summed E-state index contributed by atoms with van der Waals surface area (Å²) in [6.45, 7) is 3.17. The molecule has 0 unspecified atom stereocenters. The Hall–Kier alpha value is -1.80. The minimum Gasteiger partial charge on any atom is -0.489 e. The minimum absolute atomic E-state index is 0.504. The zero-order chi connectivity index (χ0) is 12.1. The van der Waals surface area contributed by atoms with Gasteiger partial charge in [-0.2, -0.15) is 0 Å². The van der Waals surface area contributed by atoms with E-state index in [1.54, 1.807) is 0 Å². The highest BCUT2D eigenvalue weighted by molar-refractivity contribution is 5.33. The van der Waals surface area contributed by atoms with Crippen LogP contribution in [-0.2, 0) is 13.2 Å².